The van der Waals surface area contributed by atoms with Crippen LogP contribution in [0.1, 0.15) is 19.4 Å². The smallest absolute Gasteiger partial charge is 0.0706 e. The van der Waals surface area contributed by atoms with Crippen molar-refractivity contribution in [2.75, 3.05) is 27.2 Å². The molecule has 0 unspecified atom stereocenters. The van der Waals surface area contributed by atoms with Gasteiger partial charge in [-0.3, -0.25) is 0 Å². The van der Waals surface area contributed by atoms with Gasteiger partial charge in [-0.05, 0) is 31.6 Å². The normalized spacial score (nSPS) is 12.5. The van der Waals surface area contributed by atoms with Crippen LogP contribution >= 0.6 is 0 Å². The van der Waals surface area contributed by atoms with Gasteiger partial charge in [0.1, 0.15) is 0 Å². The first-order valence-electron chi connectivity index (χ1n) is 6.75. The molecule has 0 atom stereocenters. The molecule has 0 bridgehead atoms. The molecule has 0 radical (unpaired) electrons. The van der Waals surface area contributed by atoms with Crippen molar-refractivity contribution in [2.24, 2.45) is 5.41 Å². The van der Waals surface area contributed by atoms with Gasteiger partial charge in [-0.1, -0.05) is 19.9 Å². The Morgan fingerprint density at radius 1 is 1.32 bits per heavy atom. The standard InChI is InChI=1S/C15H24N4/c1-15(2,12-18(3)4)11-16-9-13-10-17-19-8-6-5-7-14(13)19/h5-8,10,16H,9,11-12H2,1-4H3. The number of nitrogens with zero attached hydrogens (tertiary/aromatic N) is 3. The molecule has 19 heavy (non-hydrogen) atoms. The second-order valence-corrected chi connectivity index (χ2v) is 6.21. The molecule has 0 aromatic carbocycles. The summed E-state index contributed by atoms with van der Waals surface area (Å²) >= 11 is 0. The van der Waals surface area contributed by atoms with Crippen molar-refractivity contribution in [3.63, 3.8) is 0 Å². The molecule has 0 fully saturated rings. The summed E-state index contributed by atoms with van der Waals surface area (Å²) in [5.41, 5.74) is 2.70. The molecule has 0 amide bonds. The van der Waals surface area contributed by atoms with Crippen molar-refractivity contribution in [3.05, 3.63) is 36.2 Å². The fourth-order valence-electron chi connectivity index (χ4n) is 2.57. The van der Waals surface area contributed by atoms with Gasteiger partial charge < -0.3 is 10.2 Å². The van der Waals surface area contributed by atoms with Gasteiger partial charge in [-0.15, -0.1) is 0 Å². The minimum absolute atomic E-state index is 0.270. The third kappa shape index (κ3) is 3.78. The van der Waals surface area contributed by atoms with Crippen molar-refractivity contribution in [1.29, 1.82) is 0 Å². The lowest BCUT2D eigenvalue weighted by Crippen LogP contribution is -2.37. The van der Waals surface area contributed by atoms with E-state index in [1.807, 2.05) is 23.0 Å². The van der Waals surface area contributed by atoms with E-state index in [9.17, 15) is 0 Å². The lowest BCUT2D eigenvalue weighted by Gasteiger charge is -2.28. The van der Waals surface area contributed by atoms with E-state index in [0.717, 1.165) is 19.6 Å². The van der Waals surface area contributed by atoms with Gasteiger partial charge in [0, 0.05) is 31.4 Å². The highest BCUT2D eigenvalue weighted by molar-refractivity contribution is 5.53. The van der Waals surface area contributed by atoms with Gasteiger partial charge in [-0.25, -0.2) is 4.52 Å². The third-order valence-corrected chi connectivity index (χ3v) is 3.17. The van der Waals surface area contributed by atoms with Crippen LogP contribution < -0.4 is 5.32 Å². The molecule has 2 aromatic rings. The van der Waals surface area contributed by atoms with Crippen LogP contribution in [0.25, 0.3) is 5.52 Å². The van der Waals surface area contributed by atoms with Gasteiger partial charge in [0.25, 0.3) is 0 Å². The number of fused-ring (bicyclic) bond motifs is 1. The van der Waals surface area contributed by atoms with Crippen molar-refractivity contribution in [3.8, 4) is 0 Å². The highest BCUT2D eigenvalue weighted by Gasteiger charge is 2.18. The predicted molar refractivity (Wildman–Crippen MR) is 79.2 cm³/mol. The first-order chi connectivity index (χ1) is 8.98. The van der Waals surface area contributed by atoms with Crippen LogP contribution in [0.3, 0.4) is 0 Å². The summed E-state index contributed by atoms with van der Waals surface area (Å²) in [7, 11) is 4.24. The van der Waals surface area contributed by atoms with E-state index in [1.54, 1.807) is 0 Å². The summed E-state index contributed by atoms with van der Waals surface area (Å²) in [4.78, 5) is 2.23. The van der Waals surface area contributed by atoms with E-state index in [0.29, 0.717) is 0 Å². The molecule has 0 saturated heterocycles. The molecule has 1 N–H and O–H groups in total. The van der Waals surface area contributed by atoms with E-state index in [1.165, 1.54) is 11.1 Å². The Hall–Kier alpha value is -1.39. The average Bonchev–Trinajstić information content (AvgIpc) is 2.71. The number of rotatable bonds is 6. The minimum Gasteiger partial charge on any atom is -0.312 e. The average molecular weight is 260 g/mol. The van der Waals surface area contributed by atoms with Crippen molar-refractivity contribution in [2.45, 2.75) is 20.4 Å². The maximum atomic E-state index is 4.35. The van der Waals surface area contributed by atoms with Gasteiger partial charge in [-0.2, -0.15) is 5.10 Å². The Bertz CT molecular complexity index is 528. The summed E-state index contributed by atoms with van der Waals surface area (Å²) in [6, 6.07) is 6.16. The van der Waals surface area contributed by atoms with Crippen LogP contribution in [0.4, 0.5) is 0 Å². The molecule has 2 rings (SSSR count). The fourth-order valence-corrected chi connectivity index (χ4v) is 2.57. The number of hydrogen-bond acceptors (Lipinski definition) is 3. The zero-order valence-corrected chi connectivity index (χ0v) is 12.3. The zero-order valence-electron chi connectivity index (χ0n) is 12.3. The highest BCUT2D eigenvalue weighted by Crippen LogP contribution is 2.15. The number of hydrogen-bond donors (Lipinski definition) is 1. The van der Waals surface area contributed by atoms with E-state index in [-0.39, 0.29) is 5.41 Å². The summed E-state index contributed by atoms with van der Waals surface area (Å²) < 4.78 is 1.92. The van der Waals surface area contributed by atoms with Crippen LogP contribution in [-0.4, -0.2) is 41.7 Å². The molecule has 104 valence electrons. The Morgan fingerprint density at radius 2 is 2.11 bits per heavy atom. The Labute approximate surface area is 115 Å². The summed E-state index contributed by atoms with van der Waals surface area (Å²) in [6.07, 6.45) is 3.93. The monoisotopic (exact) mass is 260 g/mol. The van der Waals surface area contributed by atoms with Crippen molar-refractivity contribution < 1.29 is 0 Å². The van der Waals surface area contributed by atoms with Crippen molar-refractivity contribution in [1.82, 2.24) is 19.8 Å². The molecule has 0 saturated carbocycles. The molecule has 0 aliphatic heterocycles. The predicted octanol–water partition coefficient (Wildman–Crippen LogP) is 2.01. The van der Waals surface area contributed by atoms with Gasteiger partial charge >= 0.3 is 0 Å². The second kappa shape index (κ2) is 5.72. The Morgan fingerprint density at radius 3 is 2.84 bits per heavy atom. The first kappa shape index (κ1) is 14.0. The summed E-state index contributed by atoms with van der Waals surface area (Å²) in [6.45, 7) is 7.51. The maximum Gasteiger partial charge on any atom is 0.0706 e. The van der Waals surface area contributed by atoms with Crippen LogP contribution in [0.15, 0.2) is 30.6 Å². The molecular formula is C15H24N4. The molecule has 2 heterocycles. The molecule has 4 heteroatoms. The molecule has 0 aliphatic carbocycles. The van der Waals surface area contributed by atoms with Crippen LogP contribution in [0, 0.1) is 5.41 Å². The zero-order chi connectivity index (χ0) is 13.9. The van der Waals surface area contributed by atoms with Gasteiger partial charge in [0.15, 0.2) is 0 Å². The van der Waals surface area contributed by atoms with Gasteiger partial charge in [0.2, 0.25) is 0 Å². The van der Waals surface area contributed by atoms with Gasteiger partial charge in [0.05, 0.1) is 11.7 Å². The molecule has 0 aliphatic rings. The molecule has 4 nitrogen and oxygen atoms in total. The fraction of sp³-hybridized carbons (Fsp3) is 0.533. The highest BCUT2D eigenvalue weighted by atomic mass is 15.2. The number of aromatic nitrogens is 2. The lowest BCUT2D eigenvalue weighted by atomic mass is 9.93. The van der Waals surface area contributed by atoms with E-state index in [4.69, 9.17) is 0 Å². The van der Waals surface area contributed by atoms with Crippen LogP contribution in [0.2, 0.25) is 0 Å². The maximum absolute atomic E-state index is 4.35. The Kier molecular flexibility index (Phi) is 4.22. The quantitative estimate of drug-likeness (QED) is 0.862. The van der Waals surface area contributed by atoms with E-state index in [2.05, 4.69) is 55.4 Å². The number of pyridine rings is 1. The summed E-state index contributed by atoms with van der Waals surface area (Å²) in [5, 5.41) is 7.90. The minimum atomic E-state index is 0.270. The molecular weight excluding hydrogens is 236 g/mol. The molecule has 0 spiro atoms. The van der Waals surface area contributed by atoms with E-state index < -0.39 is 0 Å². The summed E-state index contributed by atoms with van der Waals surface area (Å²) in [5.74, 6) is 0. The van der Waals surface area contributed by atoms with Crippen LogP contribution in [-0.2, 0) is 6.54 Å². The van der Waals surface area contributed by atoms with Crippen LogP contribution in [0.5, 0.6) is 0 Å². The molecule has 2 aromatic heterocycles. The Balaban J connectivity index is 1.92. The van der Waals surface area contributed by atoms with E-state index >= 15 is 0 Å². The first-order valence-corrected chi connectivity index (χ1v) is 6.75. The second-order valence-electron chi connectivity index (χ2n) is 6.21. The lowest BCUT2D eigenvalue weighted by molar-refractivity contribution is 0.232. The largest absolute Gasteiger partial charge is 0.312 e. The number of nitrogens with one attached hydrogen (secondary N) is 1. The third-order valence-electron chi connectivity index (χ3n) is 3.17. The topological polar surface area (TPSA) is 32.6 Å². The SMILES string of the molecule is CN(C)CC(C)(C)CNCc1cnn2ccccc12. The van der Waals surface area contributed by atoms with Crippen molar-refractivity contribution >= 4 is 5.52 Å².